The molecule has 42 heavy (non-hydrogen) atoms. The van der Waals surface area contributed by atoms with Gasteiger partial charge in [-0.05, 0) is 117 Å². The van der Waals surface area contributed by atoms with Gasteiger partial charge in [-0.3, -0.25) is 0 Å². The van der Waals surface area contributed by atoms with Crippen molar-refractivity contribution >= 4 is 56.3 Å². The second kappa shape index (κ2) is 11.4. The highest BCUT2D eigenvalue weighted by Crippen LogP contribution is 2.38. The van der Waals surface area contributed by atoms with Crippen molar-refractivity contribution in [1.82, 2.24) is 19.9 Å². The number of aryl methyl sites for hydroxylation is 3. The number of carboxylic acid groups (broad SMARTS) is 2. The van der Waals surface area contributed by atoms with Crippen LogP contribution in [0.2, 0.25) is 0 Å². The molecule has 5 rings (SSSR count). The van der Waals surface area contributed by atoms with Gasteiger partial charge in [0.25, 0.3) is 0 Å². The monoisotopic (exact) mass is 568 g/mol. The highest BCUT2D eigenvalue weighted by atomic mass is 19.1. The van der Waals surface area contributed by atoms with E-state index in [4.69, 9.17) is 9.97 Å². The minimum absolute atomic E-state index is 0.171. The molecule has 2 aliphatic rings. The zero-order valence-corrected chi connectivity index (χ0v) is 24.5. The van der Waals surface area contributed by atoms with Crippen molar-refractivity contribution in [3.63, 3.8) is 0 Å². The van der Waals surface area contributed by atoms with E-state index in [1.165, 1.54) is 0 Å². The van der Waals surface area contributed by atoms with Crippen LogP contribution >= 0.6 is 0 Å². The number of hydrogen-bond donors (Lipinski definition) is 2. The van der Waals surface area contributed by atoms with Gasteiger partial charge >= 0.3 is 0 Å². The van der Waals surface area contributed by atoms with E-state index in [9.17, 15) is 19.8 Å². The van der Waals surface area contributed by atoms with Gasteiger partial charge < -0.3 is 29.8 Å². The van der Waals surface area contributed by atoms with Crippen molar-refractivity contribution in [3.05, 3.63) is 69.5 Å². The summed E-state index contributed by atoms with van der Waals surface area (Å²) in [4.78, 5) is 39.2. The molecule has 0 amide bonds. The summed E-state index contributed by atoms with van der Waals surface area (Å²) in [6.07, 6.45) is 1.25. The van der Waals surface area contributed by atoms with Gasteiger partial charge in [0.05, 0.1) is 28.3 Å². The number of carbonyl (C=O) groups excluding carboxylic acids is 2. The van der Waals surface area contributed by atoms with Crippen LogP contribution in [0.25, 0.3) is 44.4 Å². The molecule has 2 aliphatic heterocycles. The molecule has 0 radical (unpaired) electrons. The Hall–Kier alpha value is -4.53. The lowest BCUT2D eigenvalue weighted by Gasteiger charge is -2.07. The lowest BCUT2D eigenvalue weighted by atomic mass is 9.98. The molecule has 0 saturated heterocycles. The third kappa shape index (κ3) is 5.26. The largest absolute Gasteiger partial charge is 0.550 e. The molecule has 0 aromatic carbocycles. The predicted molar refractivity (Wildman–Crippen MR) is 158 cm³/mol. The van der Waals surface area contributed by atoms with E-state index in [0.717, 1.165) is 45.3 Å². The summed E-state index contributed by atoms with van der Waals surface area (Å²) in [7, 11) is 0. The minimum atomic E-state index is -1.19. The Balaban J connectivity index is 1.92. The molecule has 0 aliphatic carbocycles. The number of carboxylic acids is 2. The molecule has 218 valence electrons. The fraction of sp³-hybridized carbons (Fsp3) is 0.333. The number of fused-ring (bicyclic) bond motifs is 8. The van der Waals surface area contributed by atoms with Crippen LogP contribution < -0.4 is 10.2 Å². The van der Waals surface area contributed by atoms with Gasteiger partial charge in [0.1, 0.15) is 0 Å². The second-order valence-corrected chi connectivity index (χ2v) is 10.8. The number of allylic oxidation sites excluding steroid dienone is 4. The predicted octanol–water partition coefficient (Wildman–Crippen LogP) is 4.81. The Bertz CT molecular complexity index is 1860. The number of H-pyrrole nitrogens is 2. The molecule has 8 bridgehead atoms. The van der Waals surface area contributed by atoms with E-state index in [0.29, 0.717) is 45.8 Å². The van der Waals surface area contributed by atoms with Gasteiger partial charge in [0, 0.05) is 34.1 Å². The average Bonchev–Trinajstić information content (AvgIpc) is 3.59. The molecule has 0 unspecified atom stereocenters. The third-order valence-corrected chi connectivity index (χ3v) is 8.31. The summed E-state index contributed by atoms with van der Waals surface area (Å²) in [5.41, 5.74) is 10.7. The summed E-state index contributed by atoms with van der Waals surface area (Å²) in [5.74, 6) is -2.70. The van der Waals surface area contributed by atoms with E-state index in [2.05, 4.69) is 16.9 Å². The molecule has 9 heteroatoms. The standard InChI is InChI=1S/C33H35FN4O4/c1-6-19-16(3)23-13-27-20(7-2)33(34)30(38-27)14-25-18(5)22(9-11-32(41)42)29(37-25)15-28-21(8-10-31(39)40)17(4)24(36-28)12-26(19)35-23/h12-15,35,38H,6-11H2,1-5H3,(H,39,40)(H,41,42)/p-2. The average molecular weight is 569 g/mol. The number of halogens is 1. The number of aromatic amines is 2. The number of hydrogen-bond acceptors (Lipinski definition) is 6. The van der Waals surface area contributed by atoms with E-state index < -0.39 is 11.9 Å². The summed E-state index contributed by atoms with van der Waals surface area (Å²) in [6.45, 7) is 9.76. The van der Waals surface area contributed by atoms with E-state index in [-0.39, 0.29) is 37.0 Å². The van der Waals surface area contributed by atoms with E-state index >= 15 is 4.39 Å². The quantitative estimate of drug-likeness (QED) is 0.400. The lowest BCUT2D eigenvalue weighted by Crippen LogP contribution is -2.21. The molecule has 0 saturated carbocycles. The van der Waals surface area contributed by atoms with Crippen molar-refractivity contribution in [2.75, 3.05) is 0 Å². The zero-order chi connectivity index (χ0) is 30.3. The molecular formula is C33H33FN4O4-2. The van der Waals surface area contributed by atoms with Gasteiger partial charge in [0.2, 0.25) is 0 Å². The minimum Gasteiger partial charge on any atom is -0.550 e. The number of nitrogens with zero attached hydrogens (tertiary/aromatic N) is 2. The third-order valence-electron chi connectivity index (χ3n) is 8.31. The van der Waals surface area contributed by atoms with Crippen LogP contribution in [-0.2, 0) is 22.4 Å². The Labute approximate surface area is 243 Å². The van der Waals surface area contributed by atoms with Crippen molar-refractivity contribution in [1.29, 1.82) is 0 Å². The van der Waals surface area contributed by atoms with Gasteiger partial charge in [-0.2, -0.15) is 0 Å². The van der Waals surface area contributed by atoms with Crippen molar-refractivity contribution < 1.29 is 24.2 Å². The van der Waals surface area contributed by atoms with Crippen LogP contribution in [0.15, 0.2) is 24.3 Å². The number of rotatable bonds is 8. The Morgan fingerprint density at radius 1 is 0.690 bits per heavy atom. The summed E-state index contributed by atoms with van der Waals surface area (Å²) in [5, 5.41) is 22.8. The molecule has 3 aromatic rings. The Kier molecular flexibility index (Phi) is 7.86. The smallest absolute Gasteiger partial charge is 0.151 e. The maximum atomic E-state index is 15.7. The second-order valence-electron chi connectivity index (χ2n) is 10.8. The van der Waals surface area contributed by atoms with Crippen LogP contribution in [0.3, 0.4) is 0 Å². The molecule has 0 fully saturated rings. The highest BCUT2D eigenvalue weighted by molar-refractivity contribution is 5.96. The van der Waals surface area contributed by atoms with Gasteiger partial charge in [-0.15, -0.1) is 0 Å². The Morgan fingerprint density at radius 3 is 1.67 bits per heavy atom. The van der Waals surface area contributed by atoms with Crippen LogP contribution in [0, 0.1) is 12.7 Å². The normalized spacial score (nSPS) is 13.3. The number of nitrogens with one attached hydrogen (secondary N) is 2. The fourth-order valence-corrected chi connectivity index (χ4v) is 5.93. The maximum Gasteiger partial charge on any atom is 0.151 e. The number of carbonyl (C=O) groups is 2. The SMILES string of the molecule is CCc1c(C)c2cc3[nH]c(cc4nc(cc5nc(cc1[nH]2)C(C)=C5CCC(=O)[O-])C(CCC(=O)[O-])=C4C)c(F)c3CC. The van der Waals surface area contributed by atoms with Crippen LogP contribution in [0.4, 0.5) is 4.39 Å². The first kappa shape index (κ1) is 29.0. The van der Waals surface area contributed by atoms with Crippen molar-refractivity contribution in [3.8, 4) is 0 Å². The van der Waals surface area contributed by atoms with Crippen LogP contribution in [0.5, 0.6) is 0 Å². The molecule has 2 N–H and O–H groups in total. The molecule has 0 spiro atoms. The van der Waals surface area contributed by atoms with Crippen LogP contribution in [0.1, 0.15) is 92.8 Å². The first-order valence-corrected chi connectivity index (χ1v) is 14.2. The highest BCUT2D eigenvalue weighted by Gasteiger charge is 2.22. The van der Waals surface area contributed by atoms with Crippen molar-refractivity contribution in [2.24, 2.45) is 0 Å². The lowest BCUT2D eigenvalue weighted by molar-refractivity contribution is -0.306. The number of aromatic nitrogens is 4. The molecule has 3 aromatic heterocycles. The summed E-state index contributed by atoms with van der Waals surface area (Å²) < 4.78 is 15.7. The summed E-state index contributed by atoms with van der Waals surface area (Å²) in [6, 6.07) is 7.31. The van der Waals surface area contributed by atoms with Crippen LogP contribution in [-0.4, -0.2) is 31.9 Å². The van der Waals surface area contributed by atoms with Gasteiger partial charge in [-0.25, -0.2) is 14.4 Å². The first-order valence-electron chi connectivity index (χ1n) is 14.2. The van der Waals surface area contributed by atoms with E-state index in [1.807, 2.05) is 39.8 Å². The first-order chi connectivity index (χ1) is 20.0. The Morgan fingerprint density at radius 2 is 1.17 bits per heavy atom. The zero-order valence-electron chi connectivity index (χ0n) is 24.5. The molecular weight excluding hydrogens is 535 g/mol. The maximum absolute atomic E-state index is 15.7. The fourth-order valence-electron chi connectivity index (χ4n) is 5.93. The van der Waals surface area contributed by atoms with E-state index in [1.54, 1.807) is 12.1 Å². The molecule has 5 heterocycles. The molecule has 8 nitrogen and oxygen atoms in total. The van der Waals surface area contributed by atoms with Crippen molar-refractivity contribution in [2.45, 2.75) is 73.1 Å². The topological polar surface area (TPSA) is 138 Å². The molecule has 0 atom stereocenters. The van der Waals surface area contributed by atoms with Gasteiger partial charge in [-0.1, -0.05) is 13.8 Å². The number of aliphatic carboxylic acids is 2. The summed E-state index contributed by atoms with van der Waals surface area (Å²) >= 11 is 0. The van der Waals surface area contributed by atoms with Gasteiger partial charge in [0.15, 0.2) is 5.82 Å².